The molecule has 0 aliphatic carbocycles. The lowest BCUT2D eigenvalue weighted by Crippen LogP contribution is -2.36. The lowest BCUT2D eigenvalue weighted by Gasteiger charge is -2.41. The van der Waals surface area contributed by atoms with Gasteiger partial charge in [0.25, 0.3) is 0 Å². The minimum absolute atomic E-state index is 0.00266. The summed E-state index contributed by atoms with van der Waals surface area (Å²) in [6.45, 7) is 13.7. The van der Waals surface area contributed by atoms with Gasteiger partial charge in [0.15, 0.2) is 0 Å². The second-order valence-electron chi connectivity index (χ2n) is 12.4. The van der Waals surface area contributed by atoms with Crippen LogP contribution >= 0.6 is 0 Å². The predicted molar refractivity (Wildman–Crippen MR) is 140 cm³/mol. The Labute approximate surface area is 209 Å². The zero-order valence-electron chi connectivity index (χ0n) is 21.6. The summed E-state index contributed by atoms with van der Waals surface area (Å²) in [5.41, 5.74) is 6.73. The van der Waals surface area contributed by atoms with Crippen molar-refractivity contribution >= 4 is 0 Å². The van der Waals surface area contributed by atoms with Crippen LogP contribution < -0.4 is 14.2 Å². The van der Waals surface area contributed by atoms with Crippen LogP contribution in [0.2, 0.25) is 0 Å². The maximum atomic E-state index is 6.45. The number of hydrogen-bond donors (Lipinski definition) is 0. The van der Waals surface area contributed by atoms with Crippen molar-refractivity contribution in [2.75, 3.05) is 19.8 Å². The highest BCUT2D eigenvalue weighted by atomic mass is 16.5. The smallest absolute Gasteiger partial charge is 0.123 e. The molecule has 3 nitrogen and oxygen atoms in total. The topological polar surface area (TPSA) is 27.7 Å². The highest BCUT2D eigenvalue weighted by Gasteiger charge is 2.40. The Morgan fingerprint density at radius 3 is 2.37 bits per heavy atom. The van der Waals surface area contributed by atoms with Crippen molar-refractivity contribution in [2.45, 2.75) is 64.2 Å². The van der Waals surface area contributed by atoms with Crippen LogP contribution in [0.3, 0.4) is 0 Å². The third-order valence-corrected chi connectivity index (χ3v) is 8.54. The Hall–Kier alpha value is -2.94. The first-order valence-electron chi connectivity index (χ1n) is 12.9. The molecule has 3 aromatic carbocycles. The molecule has 3 heteroatoms. The molecular weight excluding hydrogens is 432 g/mol. The van der Waals surface area contributed by atoms with Crippen LogP contribution in [-0.2, 0) is 23.7 Å². The van der Waals surface area contributed by atoms with Crippen molar-refractivity contribution in [1.29, 1.82) is 0 Å². The summed E-state index contributed by atoms with van der Waals surface area (Å²) in [6, 6.07) is 22.0. The van der Waals surface area contributed by atoms with Gasteiger partial charge in [0.1, 0.15) is 17.2 Å². The Bertz CT molecular complexity index is 1290. The van der Waals surface area contributed by atoms with E-state index in [1.807, 2.05) is 0 Å². The molecule has 0 saturated carbocycles. The zero-order chi connectivity index (χ0) is 24.4. The van der Waals surface area contributed by atoms with E-state index in [0.29, 0.717) is 6.61 Å². The quantitative estimate of drug-likeness (QED) is 0.414. The summed E-state index contributed by atoms with van der Waals surface area (Å²) in [4.78, 5) is 0. The van der Waals surface area contributed by atoms with Crippen molar-refractivity contribution in [1.82, 2.24) is 0 Å². The number of benzene rings is 3. The van der Waals surface area contributed by atoms with Gasteiger partial charge in [0, 0.05) is 33.3 Å². The average Bonchev–Trinajstić information content (AvgIpc) is 3.13. The summed E-state index contributed by atoms with van der Waals surface area (Å²) in [6.07, 6.45) is 2.02. The molecule has 0 amide bonds. The van der Waals surface area contributed by atoms with E-state index in [4.69, 9.17) is 14.2 Å². The minimum Gasteiger partial charge on any atom is -0.493 e. The molecule has 0 radical (unpaired) electrons. The normalized spacial score (nSPS) is 25.3. The maximum absolute atomic E-state index is 6.45. The average molecular weight is 469 g/mol. The van der Waals surface area contributed by atoms with Gasteiger partial charge in [0.2, 0.25) is 0 Å². The van der Waals surface area contributed by atoms with E-state index in [0.717, 1.165) is 43.3 Å². The summed E-state index contributed by atoms with van der Waals surface area (Å²) < 4.78 is 18.5. The second-order valence-corrected chi connectivity index (χ2v) is 12.4. The van der Waals surface area contributed by atoms with Crippen LogP contribution in [0.15, 0.2) is 60.7 Å². The van der Waals surface area contributed by atoms with E-state index in [1.54, 1.807) is 0 Å². The predicted octanol–water partition coefficient (Wildman–Crippen LogP) is 6.99. The van der Waals surface area contributed by atoms with Crippen LogP contribution in [0.5, 0.6) is 17.2 Å². The molecule has 3 aromatic rings. The number of fused-ring (bicyclic) bond motifs is 3. The molecule has 0 bridgehead atoms. The van der Waals surface area contributed by atoms with Crippen LogP contribution in [-0.4, -0.2) is 19.8 Å². The standard InChI is InChI=1S/C32H36O3/c1-30(2)19-34-28-13-10-21(14-25(28)30)16-32(5)17-23-12-11-22(15-29(23)35-20-32)26-18-33-27-9-7-6-8-24(27)31(26,3)4/h6-15,26H,16-20H2,1-5H3. The van der Waals surface area contributed by atoms with Crippen LogP contribution in [0.25, 0.3) is 0 Å². The van der Waals surface area contributed by atoms with Gasteiger partial charge >= 0.3 is 0 Å². The minimum atomic E-state index is -0.00266. The maximum Gasteiger partial charge on any atom is 0.123 e. The van der Waals surface area contributed by atoms with Crippen molar-refractivity contribution in [3.8, 4) is 17.2 Å². The molecule has 2 unspecified atom stereocenters. The second kappa shape index (κ2) is 7.78. The number of ether oxygens (including phenoxy) is 3. The van der Waals surface area contributed by atoms with Gasteiger partial charge in [-0.1, -0.05) is 77.1 Å². The number of hydrogen-bond acceptors (Lipinski definition) is 3. The van der Waals surface area contributed by atoms with E-state index >= 15 is 0 Å². The van der Waals surface area contributed by atoms with E-state index < -0.39 is 0 Å². The first kappa shape index (κ1) is 22.5. The third-order valence-electron chi connectivity index (χ3n) is 8.54. The van der Waals surface area contributed by atoms with Crippen molar-refractivity contribution in [3.05, 3.63) is 88.5 Å². The molecule has 2 atom stereocenters. The summed E-state index contributed by atoms with van der Waals surface area (Å²) in [7, 11) is 0. The molecule has 3 aliphatic rings. The van der Waals surface area contributed by atoms with Gasteiger partial charge in [-0.25, -0.2) is 0 Å². The van der Waals surface area contributed by atoms with Crippen molar-refractivity contribution in [3.63, 3.8) is 0 Å². The molecule has 0 saturated heterocycles. The van der Waals surface area contributed by atoms with Gasteiger partial charge in [-0.2, -0.15) is 0 Å². The van der Waals surface area contributed by atoms with Gasteiger partial charge in [0.05, 0.1) is 19.8 Å². The number of para-hydroxylation sites is 1. The molecule has 0 aromatic heterocycles. The van der Waals surface area contributed by atoms with E-state index in [1.165, 1.54) is 27.8 Å². The van der Waals surface area contributed by atoms with E-state index in [2.05, 4.69) is 95.3 Å². The molecule has 0 fully saturated rings. The lowest BCUT2D eigenvalue weighted by molar-refractivity contribution is 0.136. The van der Waals surface area contributed by atoms with Gasteiger partial charge in [-0.05, 0) is 47.7 Å². The summed E-state index contributed by atoms with van der Waals surface area (Å²) in [5, 5.41) is 0. The molecule has 0 N–H and O–H groups in total. The molecular formula is C32H36O3. The Kier molecular flexibility index (Phi) is 5.01. The number of rotatable bonds is 3. The van der Waals surface area contributed by atoms with Crippen LogP contribution in [0, 0.1) is 5.41 Å². The van der Waals surface area contributed by atoms with Crippen molar-refractivity contribution in [2.24, 2.45) is 5.41 Å². The fourth-order valence-electron chi connectivity index (χ4n) is 6.32. The SMILES string of the molecule is CC1(Cc2ccc3c(c2)C(C)(C)CO3)COc2cc(C3COc4ccccc4C3(C)C)ccc2C1. The van der Waals surface area contributed by atoms with Gasteiger partial charge in [-0.15, -0.1) is 0 Å². The Balaban J connectivity index is 1.23. The Morgan fingerprint density at radius 2 is 1.51 bits per heavy atom. The Morgan fingerprint density at radius 1 is 0.743 bits per heavy atom. The molecule has 3 heterocycles. The summed E-state index contributed by atoms with van der Waals surface area (Å²) >= 11 is 0. The largest absolute Gasteiger partial charge is 0.493 e. The van der Waals surface area contributed by atoms with Crippen LogP contribution in [0.1, 0.15) is 68.4 Å². The highest BCUT2D eigenvalue weighted by Crippen LogP contribution is 2.48. The molecule has 182 valence electrons. The van der Waals surface area contributed by atoms with E-state index in [-0.39, 0.29) is 22.2 Å². The van der Waals surface area contributed by atoms with Crippen LogP contribution in [0.4, 0.5) is 0 Å². The first-order valence-corrected chi connectivity index (χ1v) is 12.9. The fraction of sp³-hybridized carbons (Fsp3) is 0.438. The lowest BCUT2D eigenvalue weighted by atomic mass is 9.68. The third kappa shape index (κ3) is 3.80. The highest BCUT2D eigenvalue weighted by molar-refractivity contribution is 5.48. The monoisotopic (exact) mass is 468 g/mol. The molecule has 6 rings (SSSR count). The molecule has 35 heavy (non-hydrogen) atoms. The molecule has 3 aliphatic heterocycles. The van der Waals surface area contributed by atoms with E-state index in [9.17, 15) is 0 Å². The molecule has 0 spiro atoms. The first-order chi connectivity index (χ1) is 16.6. The summed E-state index contributed by atoms with van der Waals surface area (Å²) in [5.74, 6) is 3.38. The van der Waals surface area contributed by atoms with Gasteiger partial charge in [-0.3, -0.25) is 0 Å². The van der Waals surface area contributed by atoms with Gasteiger partial charge < -0.3 is 14.2 Å². The van der Waals surface area contributed by atoms with Crippen molar-refractivity contribution < 1.29 is 14.2 Å². The zero-order valence-corrected chi connectivity index (χ0v) is 21.6. The fourth-order valence-corrected chi connectivity index (χ4v) is 6.32.